The molecule has 1 aromatic heterocycles. The zero-order valence-corrected chi connectivity index (χ0v) is 14.2. The van der Waals surface area contributed by atoms with Gasteiger partial charge in [0.2, 0.25) is 0 Å². The topological polar surface area (TPSA) is 32.3 Å². The van der Waals surface area contributed by atoms with Crippen LogP contribution in [0.5, 0.6) is 5.75 Å². The zero-order valence-electron chi connectivity index (χ0n) is 13.4. The highest BCUT2D eigenvalue weighted by Crippen LogP contribution is 2.34. The van der Waals surface area contributed by atoms with E-state index in [-0.39, 0.29) is 12.0 Å². The third-order valence-corrected chi connectivity index (χ3v) is 5.11. The van der Waals surface area contributed by atoms with Gasteiger partial charge in [-0.05, 0) is 23.1 Å². The molecule has 2 N–H and O–H groups in total. The number of aromatic hydroxyl groups is 1. The van der Waals surface area contributed by atoms with E-state index in [1.54, 1.807) is 17.4 Å². The lowest BCUT2D eigenvalue weighted by Crippen LogP contribution is -2.25. The fraction of sp³-hybridized carbons (Fsp3) is 0.143. The van der Waals surface area contributed by atoms with Gasteiger partial charge in [-0.1, -0.05) is 60.7 Å². The molecule has 2 nitrogen and oxygen atoms in total. The van der Waals surface area contributed by atoms with Gasteiger partial charge in [0.1, 0.15) is 5.75 Å². The molecule has 0 amide bonds. The molecule has 0 radical (unpaired) electrons. The molecule has 0 aliphatic rings. The highest BCUT2D eigenvalue weighted by atomic mass is 32.1. The van der Waals surface area contributed by atoms with Crippen molar-refractivity contribution in [1.29, 1.82) is 0 Å². The number of hydrogen-bond acceptors (Lipinski definition) is 3. The van der Waals surface area contributed by atoms with Crippen LogP contribution in [0.3, 0.4) is 0 Å². The predicted molar refractivity (Wildman–Crippen MR) is 101 cm³/mol. The lowest BCUT2D eigenvalue weighted by Gasteiger charge is -2.26. The molecule has 3 rings (SSSR count). The van der Waals surface area contributed by atoms with E-state index in [0.717, 1.165) is 5.56 Å². The van der Waals surface area contributed by atoms with Crippen molar-refractivity contribution in [3.8, 4) is 5.75 Å². The monoisotopic (exact) mass is 335 g/mol. The van der Waals surface area contributed by atoms with Gasteiger partial charge in [-0.3, -0.25) is 0 Å². The molecule has 24 heavy (non-hydrogen) atoms. The van der Waals surface area contributed by atoms with Crippen LogP contribution in [-0.4, -0.2) is 5.11 Å². The molecule has 0 spiro atoms. The van der Waals surface area contributed by atoms with Gasteiger partial charge in [0.25, 0.3) is 0 Å². The van der Waals surface area contributed by atoms with Crippen molar-refractivity contribution in [2.45, 2.75) is 18.5 Å². The van der Waals surface area contributed by atoms with Crippen LogP contribution >= 0.6 is 11.3 Å². The Morgan fingerprint density at radius 1 is 1.00 bits per heavy atom. The zero-order chi connectivity index (χ0) is 16.8. The van der Waals surface area contributed by atoms with Gasteiger partial charge >= 0.3 is 0 Å². The van der Waals surface area contributed by atoms with Crippen LogP contribution in [0.4, 0.5) is 0 Å². The summed E-state index contributed by atoms with van der Waals surface area (Å²) >= 11 is 1.74. The fourth-order valence-electron chi connectivity index (χ4n) is 2.89. The molecule has 0 aliphatic heterocycles. The molecule has 1 heterocycles. The van der Waals surface area contributed by atoms with Crippen molar-refractivity contribution in [3.63, 3.8) is 0 Å². The minimum Gasteiger partial charge on any atom is -0.508 e. The highest BCUT2D eigenvalue weighted by Gasteiger charge is 2.23. The molecule has 0 bridgehead atoms. The molecule has 0 saturated heterocycles. The van der Waals surface area contributed by atoms with Crippen LogP contribution in [0, 0.1) is 0 Å². The summed E-state index contributed by atoms with van der Waals surface area (Å²) in [5.74, 6) is 0.487. The maximum absolute atomic E-state index is 10.0. The Morgan fingerprint density at radius 2 is 1.75 bits per heavy atom. The quantitative estimate of drug-likeness (QED) is 0.578. The maximum Gasteiger partial charge on any atom is 0.120 e. The number of thiophene rings is 1. The molecule has 0 aliphatic carbocycles. The van der Waals surface area contributed by atoms with Gasteiger partial charge in [-0.2, -0.15) is 0 Å². The predicted octanol–water partition coefficient (Wildman–Crippen LogP) is 5.25. The second-order valence-electron chi connectivity index (χ2n) is 5.67. The number of hydrogen-bond donors (Lipinski definition) is 2. The van der Waals surface area contributed by atoms with E-state index in [9.17, 15) is 5.11 Å². The highest BCUT2D eigenvalue weighted by molar-refractivity contribution is 7.10. The molecule has 0 fully saturated rings. The first-order valence-corrected chi connectivity index (χ1v) is 8.88. The van der Waals surface area contributed by atoms with Crippen LogP contribution in [0.25, 0.3) is 0 Å². The van der Waals surface area contributed by atoms with Gasteiger partial charge in [0.05, 0.1) is 6.04 Å². The van der Waals surface area contributed by atoms with Crippen LogP contribution in [-0.2, 0) is 6.54 Å². The smallest absolute Gasteiger partial charge is 0.120 e. The van der Waals surface area contributed by atoms with E-state index in [0.29, 0.717) is 12.3 Å². The Balaban J connectivity index is 1.86. The Morgan fingerprint density at radius 3 is 2.42 bits per heavy atom. The van der Waals surface area contributed by atoms with Gasteiger partial charge in [-0.25, -0.2) is 0 Å². The second kappa shape index (κ2) is 7.95. The van der Waals surface area contributed by atoms with E-state index in [1.165, 1.54) is 10.4 Å². The van der Waals surface area contributed by atoms with E-state index < -0.39 is 0 Å². The maximum atomic E-state index is 10.0. The van der Waals surface area contributed by atoms with Crippen molar-refractivity contribution in [1.82, 2.24) is 5.32 Å². The summed E-state index contributed by atoms with van der Waals surface area (Å²) in [6, 6.07) is 22.2. The van der Waals surface area contributed by atoms with Gasteiger partial charge < -0.3 is 10.4 Å². The number of para-hydroxylation sites is 1. The fourth-order valence-corrected chi connectivity index (χ4v) is 3.74. The van der Waals surface area contributed by atoms with E-state index in [2.05, 4.69) is 53.7 Å². The number of phenols is 1. The Kier molecular flexibility index (Phi) is 5.47. The largest absolute Gasteiger partial charge is 0.508 e. The normalized spacial score (nSPS) is 13.3. The van der Waals surface area contributed by atoms with E-state index in [1.807, 2.05) is 30.3 Å². The van der Waals surface area contributed by atoms with Crippen LogP contribution in [0.2, 0.25) is 0 Å². The summed E-state index contributed by atoms with van der Waals surface area (Å²) in [5, 5.41) is 15.7. The summed E-state index contributed by atoms with van der Waals surface area (Å²) in [5.41, 5.74) is 2.13. The third-order valence-electron chi connectivity index (χ3n) is 4.15. The summed E-state index contributed by atoms with van der Waals surface area (Å²) < 4.78 is 0. The summed E-state index contributed by atoms with van der Waals surface area (Å²) in [6.07, 6.45) is 2.00. The van der Waals surface area contributed by atoms with Gasteiger partial charge in [0.15, 0.2) is 0 Å². The van der Waals surface area contributed by atoms with Gasteiger partial charge in [0, 0.05) is 22.9 Å². The number of phenolic OH excluding ortho intramolecular Hbond substituents is 1. The molecule has 2 atom stereocenters. The molecular formula is C21H21NOS. The Bertz CT molecular complexity index is 768. The molecule has 2 aromatic carbocycles. The van der Waals surface area contributed by atoms with Crippen molar-refractivity contribution < 1.29 is 5.11 Å². The van der Waals surface area contributed by atoms with Gasteiger partial charge in [-0.15, -0.1) is 17.9 Å². The SMILES string of the molecule is C=C[C@H](c1ccccc1)[C@H](NCc1ccccc1O)c1cccs1. The summed E-state index contributed by atoms with van der Waals surface area (Å²) in [4.78, 5) is 1.26. The molecule has 122 valence electrons. The van der Waals surface area contributed by atoms with Crippen LogP contribution in [0.1, 0.15) is 28.0 Å². The first kappa shape index (κ1) is 16.5. The van der Waals surface area contributed by atoms with Crippen LogP contribution < -0.4 is 5.32 Å². The second-order valence-corrected chi connectivity index (χ2v) is 6.65. The number of benzene rings is 2. The van der Waals surface area contributed by atoms with E-state index in [4.69, 9.17) is 0 Å². The number of rotatable bonds is 7. The lowest BCUT2D eigenvalue weighted by atomic mass is 9.90. The Labute approximate surface area is 147 Å². The minimum absolute atomic E-state index is 0.115. The molecular weight excluding hydrogens is 314 g/mol. The average Bonchev–Trinajstić information content (AvgIpc) is 3.15. The number of nitrogens with one attached hydrogen (secondary N) is 1. The summed E-state index contributed by atoms with van der Waals surface area (Å²) in [7, 11) is 0. The first-order chi connectivity index (χ1) is 11.8. The minimum atomic E-state index is 0.115. The standard InChI is InChI=1S/C21H21NOS/c1-2-18(16-9-4-3-5-10-16)21(20-13-8-14-24-20)22-15-17-11-6-7-12-19(17)23/h2-14,18,21-23H,1,15H2/t18-,21+/m1/s1. The summed E-state index contributed by atoms with van der Waals surface area (Å²) in [6.45, 7) is 4.66. The lowest BCUT2D eigenvalue weighted by molar-refractivity contribution is 0.451. The van der Waals surface area contributed by atoms with Crippen molar-refractivity contribution in [2.75, 3.05) is 0 Å². The molecule has 0 unspecified atom stereocenters. The van der Waals surface area contributed by atoms with Crippen molar-refractivity contribution in [2.24, 2.45) is 0 Å². The third kappa shape index (κ3) is 3.75. The molecule has 3 heteroatoms. The van der Waals surface area contributed by atoms with E-state index >= 15 is 0 Å². The van der Waals surface area contributed by atoms with Crippen molar-refractivity contribution >= 4 is 11.3 Å². The average molecular weight is 335 g/mol. The van der Waals surface area contributed by atoms with Crippen molar-refractivity contribution in [3.05, 3.63) is 101 Å². The first-order valence-electron chi connectivity index (χ1n) is 8.00. The molecule has 3 aromatic rings. The van der Waals surface area contributed by atoms with Crippen LogP contribution in [0.15, 0.2) is 84.8 Å². The Hall–Kier alpha value is -2.36. The molecule has 0 saturated carbocycles.